The van der Waals surface area contributed by atoms with E-state index in [9.17, 15) is 17.6 Å². The summed E-state index contributed by atoms with van der Waals surface area (Å²) in [6.45, 7) is 0. The van der Waals surface area contributed by atoms with Crippen molar-refractivity contribution < 1.29 is 27.0 Å². The van der Waals surface area contributed by atoms with Gasteiger partial charge in [0.2, 0.25) is 5.82 Å². The Balaban J connectivity index is 3.37. The highest BCUT2D eigenvalue weighted by atomic mass is 19.4. The molecule has 0 aromatic carbocycles. The lowest BCUT2D eigenvalue weighted by molar-refractivity contribution is -0.144. The van der Waals surface area contributed by atoms with Gasteiger partial charge in [-0.15, -0.1) is 0 Å². The van der Waals surface area contributed by atoms with Crippen molar-refractivity contribution in [3.05, 3.63) is 11.5 Å². The molecule has 1 aromatic rings. The number of aromatic nitrogens is 2. The number of rotatable bonds is 2. The average Bonchev–Trinajstić information content (AvgIpc) is 2.16. The fourth-order valence-corrected chi connectivity index (χ4v) is 0.821. The van der Waals surface area contributed by atoms with Gasteiger partial charge in [-0.05, 0) is 0 Å². The molecule has 0 N–H and O–H groups in total. The highest BCUT2D eigenvalue weighted by Crippen LogP contribution is 2.33. The van der Waals surface area contributed by atoms with Crippen LogP contribution in [0.4, 0.5) is 17.6 Å². The average molecular weight is 226 g/mol. The quantitative estimate of drug-likeness (QED) is 0.719. The topological polar surface area (TPSA) is 44.2 Å². The zero-order valence-electron chi connectivity index (χ0n) is 7.72. The molecule has 0 aliphatic carbocycles. The molecule has 0 aliphatic rings. The molecule has 8 heteroatoms. The number of halogens is 4. The number of ether oxygens (including phenoxy) is 2. The lowest BCUT2D eigenvalue weighted by atomic mass is 10.3. The molecule has 0 amide bonds. The first-order chi connectivity index (χ1) is 6.90. The summed E-state index contributed by atoms with van der Waals surface area (Å²) in [7, 11) is 2.05. The van der Waals surface area contributed by atoms with Crippen LogP contribution in [0.25, 0.3) is 0 Å². The molecule has 84 valence electrons. The SMILES string of the molecule is COc1nc(OC)c(F)c(C(F)(F)F)n1. The maximum atomic E-state index is 13.1. The summed E-state index contributed by atoms with van der Waals surface area (Å²) in [6, 6.07) is -0.611. The molecule has 1 rings (SSSR count). The van der Waals surface area contributed by atoms with E-state index in [-0.39, 0.29) is 0 Å². The van der Waals surface area contributed by atoms with Gasteiger partial charge in [0.15, 0.2) is 5.69 Å². The first-order valence-electron chi connectivity index (χ1n) is 3.63. The molecule has 0 unspecified atom stereocenters. The molecule has 0 spiro atoms. The van der Waals surface area contributed by atoms with Crippen molar-refractivity contribution >= 4 is 0 Å². The van der Waals surface area contributed by atoms with E-state index in [1.807, 2.05) is 0 Å². The van der Waals surface area contributed by atoms with Crippen LogP contribution in [-0.4, -0.2) is 24.2 Å². The van der Waals surface area contributed by atoms with Crippen LogP contribution in [0.15, 0.2) is 0 Å². The lowest BCUT2D eigenvalue weighted by Crippen LogP contribution is -2.14. The summed E-state index contributed by atoms with van der Waals surface area (Å²) in [5.74, 6) is -2.47. The Kier molecular flexibility index (Phi) is 2.96. The van der Waals surface area contributed by atoms with Crippen LogP contribution in [0.1, 0.15) is 5.69 Å². The molecule has 1 heterocycles. The van der Waals surface area contributed by atoms with Crippen LogP contribution >= 0.6 is 0 Å². The Labute approximate surface area is 81.9 Å². The standard InChI is InChI=1S/C7H6F4N2O2/c1-14-5-3(8)4(7(9,10)11)12-6(13-5)15-2/h1-2H3. The molecular weight excluding hydrogens is 220 g/mol. The van der Waals surface area contributed by atoms with Gasteiger partial charge in [0, 0.05) is 0 Å². The molecule has 0 bridgehead atoms. The lowest BCUT2D eigenvalue weighted by Gasteiger charge is -2.10. The summed E-state index contributed by atoms with van der Waals surface area (Å²) < 4.78 is 58.5. The van der Waals surface area contributed by atoms with E-state index in [0.29, 0.717) is 0 Å². The molecule has 0 atom stereocenters. The molecule has 0 aliphatic heterocycles. The van der Waals surface area contributed by atoms with E-state index >= 15 is 0 Å². The van der Waals surface area contributed by atoms with Crippen LogP contribution in [0, 0.1) is 5.82 Å². The van der Waals surface area contributed by atoms with Crippen molar-refractivity contribution in [3.63, 3.8) is 0 Å². The van der Waals surface area contributed by atoms with Crippen molar-refractivity contribution in [2.75, 3.05) is 14.2 Å². The zero-order chi connectivity index (χ0) is 11.6. The van der Waals surface area contributed by atoms with E-state index in [1.165, 1.54) is 0 Å². The Morgan fingerprint density at radius 2 is 1.67 bits per heavy atom. The summed E-state index contributed by atoms with van der Waals surface area (Å²) >= 11 is 0. The van der Waals surface area contributed by atoms with Gasteiger partial charge in [0.1, 0.15) is 0 Å². The van der Waals surface area contributed by atoms with Crippen molar-refractivity contribution in [2.24, 2.45) is 0 Å². The van der Waals surface area contributed by atoms with E-state index in [1.54, 1.807) is 0 Å². The van der Waals surface area contributed by atoms with Gasteiger partial charge in [0.05, 0.1) is 14.2 Å². The van der Waals surface area contributed by atoms with Gasteiger partial charge in [-0.2, -0.15) is 27.5 Å². The molecule has 0 radical (unpaired) electrons. The number of nitrogens with zero attached hydrogens (tertiary/aromatic N) is 2. The zero-order valence-corrected chi connectivity index (χ0v) is 7.72. The Hall–Kier alpha value is -1.60. The van der Waals surface area contributed by atoms with Gasteiger partial charge in [-0.3, -0.25) is 0 Å². The number of alkyl halides is 3. The van der Waals surface area contributed by atoms with Crippen molar-refractivity contribution in [2.45, 2.75) is 6.18 Å². The van der Waals surface area contributed by atoms with Gasteiger partial charge < -0.3 is 9.47 Å². The summed E-state index contributed by atoms with van der Waals surface area (Å²) in [6.07, 6.45) is -4.92. The summed E-state index contributed by atoms with van der Waals surface area (Å²) in [5.41, 5.74) is -1.72. The van der Waals surface area contributed by atoms with Crippen LogP contribution < -0.4 is 9.47 Å². The van der Waals surface area contributed by atoms with Crippen LogP contribution in [0.3, 0.4) is 0 Å². The van der Waals surface area contributed by atoms with Crippen molar-refractivity contribution in [1.29, 1.82) is 0 Å². The Morgan fingerprint density at radius 3 is 2.07 bits per heavy atom. The third kappa shape index (κ3) is 2.25. The van der Waals surface area contributed by atoms with Crippen LogP contribution in [-0.2, 0) is 6.18 Å². The van der Waals surface area contributed by atoms with Crippen LogP contribution in [0.5, 0.6) is 11.9 Å². The second kappa shape index (κ2) is 3.87. The molecule has 4 nitrogen and oxygen atoms in total. The molecule has 1 aromatic heterocycles. The van der Waals surface area contributed by atoms with Gasteiger partial charge in [-0.25, -0.2) is 0 Å². The van der Waals surface area contributed by atoms with E-state index in [0.717, 1.165) is 14.2 Å². The smallest absolute Gasteiger partial charge is 0.436 e. The molecule has 0 saturated heterocycles. The largest absolute Gasteiger partial charge is 0.479 e. The fourth-order valence-electron chi connectivity index (χ4n) is 0.821. The van der Waals surface area contributed by atoms with Gasteiger partial charge in [0.25, 0.3) is 5.88 Å². The van der Waals surface area contributed by atoms with Gasteiger partial charge >= 0.3 is 12.2 Å². The summed E-state index contributed by atoms with van der Waals surface area (Å²) in [4.78, 5) is 6.11. The maximum absolute atomic E-state index is 13.1. The maximum Gasteiger partial charge on any atom is 0.436 e. The second-order valence-electron chi connectivity index (χ2n) is 2.38. The van der Waals surface area contributed by atoms with E-state index in [4.69, 9.17) is 0 Å². The minimum atomic E-state index is -4.92. The molecule has 0 saturated carbocycles. The minimum Gasteiger partial charge on any atom is -0.479 e. The number of hydrogen-bond donors (Lipinski definition) is 0. The normalized spacial score (nSPS) is 11.3. The Morgan fingerprint density at radius 1 is 1.07 bits per heavy atom. The fraction of sp³-hybridized carbons (Fsp3) is 0.429. The third-order valence-electron chi connectivity index (χ3n) is 1.44. The highest BCUT2D eigenvalue weighted by molar-refractivity contribution is 5.23. The number of methoxy groups -OCH3 is 2. The minimum absolute atomic E-state index is 0.611. The Bertz CT molecular complexity index is 367. The first kappa shape index (κ1) is 11.5. The van der Waals surface area contributed by atoms with Gasteiger partial charge in [-0.1, -0.05) is 0 Å². The molecule has 0 fully saturated rings. The second-order valence-corrected chi connectivity index (χ2v) is 2.38. The summed E-state index contributed by atoms with van der Waals surface area (Å²) in [5, 5.41) is 0. The van der Waals surface area contributed by atoms with Crippen molar-refractivity contribution in [3.8, 4) is 11.9 Å². The molecule has 15 heavy (non-hydrogen) atoms. The monoisotopic (exact) mass is 226 g/mol. The first-order valence-corrected chi connectivity index (χ1v) is 3.63. The van der Waals surface area contributed by atoms with E-state index < -0.39 is 29.6 Å². The van der Waals surface area contributed by atoms with E-state index in [2.05, 4.69) is 19.4 Å². The number of hydrogen-bond acceptors (Lipinski definition) is 4. The highest BCUT2D eigenvalue weighted by Gasteiger charge is 2.39. The van der Waals surface area contributed by atoms with Crippen LogP contribution in [0.2, 0.25) is 0 Å². The predicted molar refractivity (Wildman–Crippen MR) is 40.1 cm³/mol. The third-order valence-corrected chi connectivity index (χ3v) is 1.44. The van der Waals surface area contributed by atoms with Crippen molar-refractivity contribution in [1.82, 2.24) is 9.97 Å². The molecular formula is C7H6F4N2O2. The predicted octanol–water partition coefficient (Wildman–Crippen LogP) is 1.65.